The number of benzene rings is 2. The van der Waals surface area contributed by atoms with Crippen LogP contribution in [0, 0.1) is 5.82 Å². The third kappa shape index (κ3) is 3.88. The van der Waals surface area contributed by atoms with Crippen molar-refractivity contribution in [3.63, 3.8) is 0 Å². The number of likely N-dealkylation sites (N-methyl/N-ethyl adjacent to an activating group) is 1. The molecule has 4 heteroatoms. The van der Waals surface area contributed by atoms with Gasteiger partial charge in [-0.1, -0.05) is 6.07 Å². The van der Waals surface area contributed by atoms with Gasteiger partial charge in [0, 0.05) is 31.5 Å². The summed E-state index contributed by atoms with van der Waals surface area (Å²) in [4.78, 5) is 2.13. The largest absolute Gasteiger partial charge is 0.497 e. The van der Waals surface area contributed by atoms with Crippen LogP contribution in [0.5, 0.6) is 5.75 Å². The minimum absolute atomic E-state index is 0.224. The van der Waals surface area contributed by atoms with Crippen molar-refractivity contribution >= 4 is 11.4 Å². The highest BCUT2D eigenvalue weighted by Gasteiger charge is 2.01. The number of halogens is 1. The predicted octanol–water partition coefficient (Wildman–Crippen LogP) is 3.38. The van der Waals surface area contributed by atoms with Gasteiger partial charge in [-0.05, 0) is 42.5 Å². The molecule has 0 fully saturated rings. The van der Waals surface area contributed by atoms with E-state index in [2.05, 4.69) is 10.2 Å². The van der Waals surface area contributed by atoms with Gasteiger partial charge in [0.1, 0.15) is 11.6 Å². The van der Waals surface area contributed by atoms with Gasteiger partial charge in [0.2, 0.25) is 0 Å². The lowest BCUT2D eigenvalue weighted by atomic mass is 10.2. The van der Waals surface area contributed by atoms with Crippen LogP contribution in [0.15, 0.2) is 48.5 Å². The Morgan fingerprint density at radius 2 is 1.90 bits per heavy atom. The second-order valence-electron chi connectivity index (χ2n) is 4.56. The van der Waals surface area contributed by atoms with Crippen molar-refractivity contribution in [1.82, 2.24) is 0 Å². The number of anilines is 2. The molecule has 0 aliphatic heterocycles. The topological polar surface area (TPSA) is 24.5 Å². The van der Waals surface area contributed by atoms with Crippen LogP contribution < -0.4 is 15.0 Å². The maximum absolute atomic E-state index is 13.0. The van der Waals surface area contributed by atoms with Crippen molar-refractivity contribution in [2.75, 3.05) is 37.5 Å². The van der Waals surface area contributed by atoms with Crippen molar-refractivity contribution in [1.29, 1.82) is 0 Å². The summed E-state index contributed by atoms with van der Waals surface area (Å²) >= 11 is 0. The van der Waals surface area contributed by atoms with Gasteiger partial charge in [-0.3, -0.25) is 0 Å². The molecule has 0 unspecified atom stereocenters. The fourth-order valence-electron chi connectivity index (χ4n) is 1.93. The number of nitrogens with zero attached hydrogens (tertiary/aromatic N) is 1. The Balaban J connectivity index is 1.83. The Morgan fingerprint density at radius 1 is 1.15 bits per heavy atom. The Bertz CT molecular complexity index is 542. The summed E-state index contributed by atoms with van der Waals surface area (Å²) in [6, 6.07) is 14.4. The molecular formula is C16H19FN2O. The van der Waals surface area contributed by atoms with Gasteiger partial charge in [0.05, 0.1) is 7.11 Å². The van der Waals surface area contributed by atoms with Crippen molar-refractivity contribution in [2.24, 2.45) is 0 Å². The van der Waals surface area contributed by atoms with E-state index >= 15 is 0 Å². The zero-order valence-corrected chi connectivity index (χ0v) is 11.8. The Hall–Kier alpha value is -2.23. The van der Waals surface area contributed by atoms with E-state index in [0.717, 1.165) is 30.2 Å². The van der Waals surface area contributed by atoms with E-state index in [1.807, 2.05) is 37.4 Å². The predicted molar refractivity (Wildman–Crippen MR) is 81.2 cm³/mol. The highest BCUT2D eigenvalue weighted by atomic mass is 19.1. The molecule has 2 rings (SSSR count). The van der Waals surface area contributed by atoms with Crippen LogP contribution in [-0.2, 0) is 0 Å². The maximum Gasteiger partial charge on any atom is 0.125 e. The SMILES string of the molecule is COc1ccc(N(C)CCNc2cccc(F)c2)cc1. The Morgan fingerprint density at radius 3 is 2.55 bits per heavy atom. The standard InChI is InChI=1S/C16H19FN2O/c1-19(15-6-8-16(20-2)9-7-15)11-10-18-14-5-3-4-13(17)12-14/h3-9,12,18H,10-11H2,1-2H3. The zero-order valence-electron chi connectivity index (χ0n) is 11.8. The molecule has 0 amide bonds. The number of hydrogen-bond acceptors (Lipinski definition) is 3. The average molecular weight is 274 g/mol. The van der Waals surface area contributed by atoms with Gasteiger partial charge in [0.25, 0.3) is 0 Å². The van der Waals surface area contributed by atoms with Crippen LogP contribution in [0.25, 0.3) is 0 Å². The third-order valence-corrected chi connectivity index (χ3v) is 3.11. The van der Waals surface area contributed by atoms with E-state index in [4.69, 9.17) is 4.74 Å². The summed E-state index contributed by atoms with van der Waals surface area (Å²) in [7, 11) is 3.68. The normalized spacial score (nSPS) is 10.2. The number of hydrogen-bond donors (Lipinski definition) is 1. The lowest BCUT2D eigenvalue weighted by Gasteiger charge is -2.20. The van der Waals surface area contributed by atoms with Gasteiger partial charge in [-0.2, -0.15) is 0 Å². The van der Waals surface area contributed by atoms with E-state index in [9.17, 15) is 4.39 Å². The lowest BCUT2D eigenvalue weighted by Crippen LogP contribution is -2.24. The van der Waals surface area contributed by atoms with Crippen LogP contribution in [-0.4, -0.2) is 27.2 Å². The van der Waals surface area contributed by atoms with Gasteiger partial charge in [-0.15, -0.1) is 0 Å². The monoisotopic (exact) mass is 274 g/mol. The van der Waals surface area contributed by atoms with Gasteiger partial charge < -0.3 is 15.0 Å². The number of rotatable bonds is 6. The van der Waals surface area contributed by atoms with Gasteiger partial charge >= 0.3 is 0 Å². The van der Waals surface area contributed by atoms with Crippen LogP contribution in [0.1, 0.15) is 0 Å². The first-order chi connectivity index (χ1) is 9.69. The molecule has 2 aromatic carbocycles. The summed E-state index contributed by atoms with van der Waals surface area (Å²) in [5.74, 6) is 0.624. The fourth-order valence-corrected chi connectivity index (χ4v) is 1.93. The fraction of sp³-hybridized carbons (Fsp3) is 0.250. The molecule has 0 aromatic heterocycles. The summed E-state index contributed by atoms with van der Waals surface area (Å²) in [5.41, 5.74) is 1.92. The molecule has 0 atom stereocenters. The maximum atomic E-state index is 13.0. The van der Waals surface area contributed by atoms with Crippen LogP contribution in [0.3, 0.4) is 0 Å². The second kappa shape index (κ2) is 6.80. The number of ether oxygens (including phenoxy) is 1. The molecule has 0 heterocycles. The summed E-state index contributed by atoms with van der Waals surface area (Å²) < 4.78 is 18.2. The first-order valence-electron chi connectivity index (χ1n) is 6.53. The smallest absolute Gasteiger partial charge is 0.125 e. The molecule has 0 saturated carbocycles. The van der Waals surface area contributed by atoms with Crippen molar-refractivity contribution in [3.05, 3.63) is 54.3 Å². The van der Waals surface area contributed by atoms with Crippen molar-refractivity contribution < 1.29 is 9.13 Å². The molecule has 0 bridgehead atoms. The van der Waals surface area contributed by atoms with E-state index in [-0.39, 0.29) is 5.82 Å². The molecule has 2 aromatic rings. The van der Waals surface area contributed by atoms with Crippen molar-refractivity contribution in [2.45, 2.75) is 0 Å². The molecular weight excluding hydrogens is 255 g/mol. The van der Waals surface area contributed by atoms with Crippen molar-refractivity contribution in [3.8, 4) is 5.75 Å². The molecule has 0 radical (unpaired) electrons. The molecule has 0 saturated heterocycles. The zero-order chi connectivity index (χ0) is 14.4. The van der Waals surface area contributed by atoms with Crippen LogP contribution in [0.2, 0.25) is 0 Å². The molecule has 0 aliphatic carbocycles. The molecule has 0 aliphatic rings. The van der Waals surface area contributed by atoms with Gasteiger partial charge in [0.15, 0.2) is 0 Å². The molecule has 3 nitrogen and oxygen atoms in total. The van der Waals surface area contributed by atoms with E-state index in [1.165, 1.54) is 12.1 Å². The highest BCUT2D eigenvalue weighted by Crippen LogP contribution is 2.17. The Kier molecular flexibility index (Phi) is 4.82. The average Bonchev–Trinajstić information content (AvgIpc) is 2.47. The van der Waals surface area contributed by atoms with E-state index in [1.54, 1.807) is 13.2 Å². The van der Waals surface area contributed by atoms with Crippen LogP contribution in [0.4, 0.5) is 15.8 Å². The van der Waals surface area contributed by atoms with E-state index in [0.29, 0.717) is 0 Å². The number of nitrogens with one attached hydrogen (secondary N) is 1. The number of methoxy groups -OCH3 is 1. The molecule has 1 N–H and O–H groups in total. The minimum Gasteiger partial charge on any atom is -0.497 e. The second-order valence-corrected chi connectivity index (χ2v) is 4.56. The molecule has 0 spiro atoms. The Labute approximate surface area is 119 Å². The van der Waals surface area contributed by atoms with Crippen LogP contribution >= 0.6 is 0 Å². The molecule has 106 valence electrons. The van der Waals surface area contributed by atoms with E-state index < -0.39 is 0 Å². The first kappa shape index (κ1) is 14.2. The third-order valence-electron chi connectivity index (χ3n) is 3.11. The molecule has 20 heavy (non-hydrogen) atoms. The minimum atomic E-state index is -0.224. The summed E-state index contributed by atoms with van der Waals surface area (Å²) in [6.07, 6.45) is 0. The summed E-state index contributed by atoms with van der Waals surface area (Å²) in [6.45, 7) is 1.56. The summed E-state index contributed by atoms with van der Waals surface area (Å²) in [5, 5.41) is 3.20. The quantitative estimate of drug-likeness (QED) is 0.874. The van der Waals surface area contributed by atoms with Gasteiger partial charge in [-0.25, -0.2) is 4.39 Å². The lowest BCUT2D eigenvalue weighted by molar-refractivity contribution is 0.415. The first-order valence-corrected chi connectivity index (χ1v) is 6.53. The highest BCUT2D eigenvalue weighted by molar-refractivity contribution is 5.49.